The molecule has 0 fully saturated rings. The van der Waals surface area contributed by atoms with Crippen molar-refractivity contribution in [1.82, 2.24) is 0 Å². The second-order valence-corrected chi connectivity index (χ2v) is 4.47. The zero-order valence-electron chi connectivity index (χ0n) is 12.3. The number of esters is 1. The minimum Gasteiger partial charge on any atom is -0.478 e. The number of benzene rings is 1. The van der Waals surface area contributed by atoms with Gasteiger partial charge in [-0.05, 0) is 31.2 Å². The molecule has 0 amide bonds. The SMILES string of the molecule is CCOC(=O)/C(C#N)=C\c1ccc(-c2ccc(C(=O)O)cc2)o1. The van der Waals surface area contributed by atoms with Crippen LogP contribution >= 0.6 is 0 Å². The molecule has 0 spiro atoms. The average Bonchev–Trinajstić information content (AvgIpc) is 3.01. The van der Waals surface area contributed by atoms with E-state index >= 15 is 0 Å². The topological polar surface area (TPSA) is 101 Å². The number of carboxylic acids is 1. The Bertz CT molecular complexity index is 793. The van der Waals surface area contributed by atoms with Gasteiger partial charge in [-0.25, -0.2) is 9.59 Å². The summed E-state index contributed by atoms with van der Waals surface area (Å²) in [5.41, 5.74) is 0.702. The summed E-state index contributed by atoms with van der Waals surface area (Å²) in [5.74, 6) is -0.896. The molecule has 0 saturated carbocycles. The number of carboxylic acid groups (broad SMARTS) is 1. The number of furan rings is 1. The van der Waals surface area contributed by atoms with Crippen LogP contribution < -0.4 is 0 Å². The third-order valence-electron chi connectivity index (χ3n) is 2.95. The summed E-state index contributed by atoms with van der Waals surface area (Å²) >= 11 is 0. The summed E-state index contributed by atoms with van der Waals surface area (Å²) < 4.78 is 10.3. The number of carbonyl (C=O) groups excluding carboxylic acids is 1. The van der Waals surface area contributed by atoms with Gasteiger partial charge in [-0.2, -0.15) is 5.26 Å². The van der Waals surface area contributed by atoms with Gasteiger partial charge >= 0.3 is 11.9 Å². The van der Waals surface area contributed by atoms with Gasteiger partial charge in [0.1, 0.15) is 23.2 Å². The van der Waals surface area contributed by atoms with Crippen molar-refractivity contribution in [3.63, 3.8) is 0 Å². The van der Waals surface area contributed by atoms with Gasteiger partial charge in [0.15, 0.2) is 0 Å². The number of rotatable bonds is 5. The van der Waals surface area contributed by atoms with E-state index in [4.69, 9.17) is 19.5 Å². The van der Waals surface area contributed by atoms with Crippen molar-refractivity contribution in [2.24, 2.45) is 0 Å². The molecule has 2 rings (SSSR count). The summed E-state index contributed by atoms with van der Waals surface area (Å²) in [4.78, 5) is 22.4. The smallest absolute Gasteiger partial charge is 0.349 e. The molecule has 0 radical (unpaired) electrons. The van der Waals surface area contributed by atoms with E-state index in [1.54, 1.807) is 37.3 Å². The fourth-order valence-corrected chi connectivity index (χ4v) is 1.85. The second kappa shape index (κ2) is 7.09. The van der Waals surface area contributed by atoms with E-state index < -0.39 is 11.9 Å². The zero-order valence-corrected chi connectivity index (χ0v) is 12.3. The van der Waals surface area contributed by atoms with Crippen LogP contribution in [0.3, 0.4) is 0 Å². The second-order valence-electron chi connectivity index (χ2n) is 4.47. The molecule has 1 aromatic heterocycles. The molecule has 6 nitrogen and oxygen atoms in total. The quantitative estimate of drug-likeness (QED) is 0.517. The van der Waals surface area contributed by atoms with Gasteiger partial charge in [0.2, 0.25) is 0 Å². The van der Waals surface area contributed by atoms with Crippen LogP contribution in [0, 0.1) is 11.3 Å². The Morgan fingerprint density at radius 2 is 1.96 bits per heavy atom. The first-order valence-electron chi connectivity index (χ1n) is 6.77. The van der Waals surface area contributed by atoms with E-state index in [-0.39, 0.29) is 17.7 Å². The van der Waals surface area contributed by atoms with Crippen LogP contribution in [0.4, 0.5) is 0 Å². The lowest BCUT2D eigenvalue weighted by Crippen LogP contribution is -2.05. The summed E-state index contributed by atoms with van der Waals surface area (Å²) in [7, 11) is 0. The molecule has 116 valence electrons. The monoisotopic (exact) mass is 311 g/mol. The number of hydrogen-bond donors (Lipinski definition) is 1. The van der Waals surface area contributed by atoms with Crippen molar-refractivity contribution in [1.29, 1.82) is 5.26 Å². The van der Waals surface area contributed by atoms with E-state index in [1.165, 1.54) is 18.2 Å². The summed E-state index contributed by atoms with van der Waals surface area (Å²) in [6.45, 7) is 1.83. The highest BCUT2D eigenvalue weighted by molar-refractivity contribution is 5.97. The maximum Gasteiger partial charge on any atom is 0.349 e. The molecule has 0 bridgehead atoms. The van der Waals surface area contributed by atoms with Crippen LogP contribution in [0.25, 0.3) is 17.4 Å². The molecule has 1 N–H and O–H groups in total. The van der Waals surface area contributed by atoms with Gasteiger partial charge in [-0.15, -0.1) is 0 Å². The van der Waals surface area contributed by atoms with Crippen LogP contribution in [0.2, 0.25) is 0 Å². The van der Waals surface area contributed by atoms with Gasteiger partial charge in [0.05, 0.1) is 12.2 Å². The summed E-state index contributed by atoms with van der Waals surface area (Å²) in [6, 6.07) is 11.2. The standard InChI is InChI=1S/C17H13NO5/c1-2-22-17(21)13(10-18)9-14-7-8-15(23-14)11-3-5-12(6-4-11)16(19)20/h3-9H,2H2,1H3,(H,19,20)/b13-9-. The molecule has 0 aliphatic carbocycles. The van der Waals surface area contributed by atoms with Crippen molar-refractivity contribution >= 4 is 18.0 Å². The van der Waals surface area contributed by atoms with Crippen LogP contribution in [-0.4, -0.2) is 23.7 Å². The highest BCUT2D eigenvalue weighted by Gasteiger charge is 2.12. The average molecular weight is 311 g/mol. The Hall–Kier alpha value is -3.33. The molecule has 23 heavy (non-hydrogen) atoms. The third kappa shape index (κ3) is 3.86. The number of ether oxygens (including phenoxy) is 1. The van der Waals surface area contributed by atoms with E-state index in [0.717, 1.165) is 0 Å². The molecule has 6 heteroatoms. The van der Waals surface area contributed by atoms with Gasteiger partial charge in [0.25, 0.3) is 0 Å². The molecular formula is C17H13NO5. The molecule has 1 aromatic carbocycles. The first-order chi connectivity index (χ1) is 11.0. The highest BCUT2D eigenvalue weighted by Crippen LogP contribution is 2.24. The van der Waals surface area contributed by atoms with Crippen molar-refractivity contribution in [2.75, 3.05) is 6.61 Å². The van der Waals surface area contributed by atoms with Gasteiger partial charge in [-0.3, -0.25) is 0 Å². The predicted molar refractivity (Wildman–Crippen MR) is 81.3 cm³/mol. The Labute approximate surface area is 132 Å². The molecule has 0 unspecified atom stereocenters. The van der Waals surface area contributed by atoms with Crippen molar-refractivity contribution in [2.45, 2.75) is 6.92 Å². The van der Waals surface area contributed by atoms with E-state index in [0.29, 0.717) is 17.1 Å². The lowest BCUT2D eigenvalue weighted by Gasteiger charge is -1.99. The van der Waals surface area contributed by atoms with Crippen molar-refractivity contribution < 1.29 is 23.8 Å². The first-order valence-corrected chi connectivity index (χ1v) is 6.77. The Kier molecular flexibility index (Phi) is 4.95. The maximum absolute atomic E-state index is 11.5. The van der Waals surface area contributed by atoms with E-state index in [1.807, 2.05) is 0 Å². The lowest BCUT2D eigenvalue weighted by molar-refractivity contribution is -0.137. The van der Waals surface area contributed by atoms with Crippen LogP contribution in [-0.2, 0) is 9.53 Å². The number of carbonyl (C=O) groups is 2. The van der Waals surface area contributed by atoms with Gasteiger partial charge in [-0.1, -0.05) is 12.1 Å². The molecule has 0 saturated heterocycles. The minimum atomic E-state index is -1.01. The molecule has 0 atom stereocenters. The highest BCUT2D eigenvalue weighted by atomic mass is 16.5. The Morgan fingerprint density at radius 1 is 1.26 bits per heavy atom. The number of nitrogens with zero attached hydrogens (tertiary/aromatic N) is 1. The summed E-state index contributed by atoms with van der Waals surface area (Å²) in [5, 5.41) is 17.8. The van der Waals surface area contributed by atoms with E-state index in [9.17, 15) is 9.59 Å². The number of hydrogen-bond acceptors (Lipinski definition) is 5. The minimum absolute atomic E-state index is 0.158. The molecular weight excluding hydrogens is 298 g/mol. The first kappa shape index (κ1) is 16.0. The molecule has 1 heterocycles. The largest absolute Gasteiger partial charge is 0.478 e. The number of nitriles is 1. The maximum atomic E-state index is 11.5. The van der Waals surface area contributed by atoms with Crippen molar-refractivity contribution in [3.8, 4) is 17.4 Å². The fourth-order valence-electron chi connectivity index (χ4n) is 1.85. The summed E-state index contributed by atoms with van der Waals surface area (Å²) in [6.07, 6.45) is 1.30. The molecule has 2 aromatic rings. The normalized spacial score (nSPS) is 10.9. The van der Waals surface area contributed by atoms with Crippen LogP contribution in [0.15, 0.2) is 46.4 Å². The van der Waals surface area contributed by atoms with Crippen LogP contribution in [0.5, 0.6) is 0 Å². The Balaban J connectivity index is 2.25. The molecule has 0 aliphatic rings. The zero-order chi connectivity index (χ0) is 16.8. The fraction of sp³-hybridized carbons (Fsp3) is 0.118. The third-order valence-corrected chi connectivity index (χ3v) is 2.95. The molecule has 0 aliphatic heterocycles. The predicted octanol–water partition coefficient (Wildman–Crippen LogP) is 3.11. The van der Waals surface area contributed by atoms with Crippen molar-refractivity contribution in [3.05, 3.63) is 53.3 Å². The number of aromatic carboxylic acids is 1. The van der Waals surface area contributed by atoms with Gasteiger partial charge in [0, 0.05) is 11.6 Å². The van der Waals surface area contributed by atoms with Gasteiger partial charge < -0.3 is 14.3 Å². The Morgan fingerprint density at radius 3 is 2.52 bits per heavy atom. The van der Waals surface area contributed by atoms with E-state index in [2.05, 4.69) is 0 Å². The van der Waals surface area contributed by atoms with Crippen LogP contribution in [0.1, 0.15) is 23.0 Å². The lowest BCUT2D eigenvalue weighted by atomic mass is 10.1.